The molecule has 13 heavy (non-hydrogen) atoms. The normalized spacial score (nSPS) is 10.1. The van der Waals surface area contributed by atoms with Crippen molar-refractivity contribution in [2.75, 3.05) is 14.1 Å². The molecule has 0 spiro atoms. The third-order valence-electron chi connectivity index (χ3n) is 1.47. The summed E-state index contributed by atoms with van der Waals surface area (Å²) in [5, 5.41) is 10.8. The second kappa shape index (κ2) is 3.91. The lowest BCUT2D eigenvalue weighted by Crippen LogP contribution is -2.36. The zero-order valence-electron chi connectivity index (χ0n) is 7.61. The Labute approximate surface area is 76.8 Å². The molecule has 0 atom stereocenters. The third kappa shape index (κ3) is 2.45. The lowest BCUT2D eigenvalue weighted by Gasteiger charge is -2.12. The Morgan fingerprint density at radius 2 is 2.00 bits per heavy atom. The molecule has 0 heterocycles. The van der Waals surface area contributed by atoms with Gasteiger partial charge < -0.3 is 5.11 Å². The first-order valence-electron chi connectivity index (χ1n) is 3.87. The maximum atomic E-state index is 11.4. The highest BCUT2D eigenvalue weighted by atomic mass is 16.3. The summed E-state index contributed by atoms with van der Waals surface area (Å²) >= 11 is 0. The number of carbonyl (C=O) groups is 1. The number of rotatable bonds is 2. The molecular formula is C9H12N2O2. The molecule has 0 bridgehead atoms. The number of benzene rings is 1. The Hall–Kier alpha value is -1.55. The highest BCUT2D eigenvalue weighted by molar-refractivity contribution is 5.96. The van der Waals surface area contributed by atoms with Crippen molar-refractivity contribution in [1.29, 1.82) is 0 Å². The minimum Gasteiger partial charge on any atom is -0.507 e. The molecule has 4 nitrogen and oxygen atoms in total. The van der Waals surface area contributed by atoms with Gasteiger partial charge in [0.1, 0.15) is 5.75 Å². The van der Waals surface area contributed by atoms with Crippen molar-refractivity contribution < 1.29 is 9.90 Å². The van der Waals surface area contributed by atoms with Gasteiger partial charge in [-0.15, -0.1) is 0 Å². The number of amides is 1. The summed E-state index contributed by atoms with van der Waals surface area (Å²) in [5.41, 5.74) is 2.81. The monoisotopic (exact) mass is 180 g/mol. The zero-order valence-corrected chi connectivity index (χ0v) is 7.61. The van der Waals surface area contributed by atoms with E-state index >= 15 is 0 Å². The van der Waals surface area contributed by atoms with Crippen molar-refractivity contribution in [1.82, 2.24) is 10.4 Å². The Balaban J connectivity index is 2.83. The number of hydrogen-bond donors (Lipinski definition) is 2. The summed E-state index contributed by atoms with van der Waals surface area (Å²) in [6.45, 7) is 0. The van der Waals surface area contributed by atoms with Crippen LogP contribution < -0.4 is 5.43 Å². The Morgan fingerprint density at radius 3 is 2.54 bits per heavy atom. The van der Waals surface area contributed by atoms with Crippen LogP contribution in [0.1, 0.15) is 10.4 Å². The average molecular weight is 180 g/mol. The molecular weight excluding hydrogens is 168 g/mol. The van der Waals surface area contributed by atoms with Crippen LogP contribution in [0.4, 0.5) is 0 Å². The third-order valence-corrected chi connectivity index (χ3v) is 1.47. The second-order valence-corrected chi connectivity index (χ2v) is 2.85. The first-order chi connectivity index (χ1) is 6.11. The van der Waals surface area contributed by atoms with Gasteiger partial charge in [-0.1, -0.05) is 12.1 Å². The van der Waals surface area contributed by atoms with Crippen LogP contribution in [0.2, 0.25) is 0 Å². The van der Waals surface area contributed by atoms with Gasteiger partial charge in [-0.05, 0) is 12.1 Å². The summed E-state index contributed by atoms with van der Waals surface area (Å²) in [7, 11) is 3.41. The molecule has 4 heteroatoms. The number of nitrogens with one attached hydrogen (secondary N) is 1. The van der Waals surface area contributed by atoms with E-state index in [-0.39, 0.29) is 17.2 Å². The molecule has 2 N–H and O–H groups in total. The van der Waals surface area contributed by atoms with E-state index in [9.17, 15) is 9.90 Å². The SMILES string of the molecule is CN(C)NC(=O)c1ccccc1O. The molecule has 1 aromatic rings. The van der Waals surface area contributed by atoms with Gasteiger partial charge in [-0.2, -0.15) is 0 Å². The van der Waals surface area contributed by atoms with Crippen LogP contribution in [0.25, 0.3) is 0 Å². The van der Waals surface area contributed by atoms with Gasteiger partial charge in [0.05, 0.1) is 5.56 Å². The minimum atomic E-state index is -0.317. The number of phenols is 1. The number of carbonyl (C=O) groups excluding carboxylic acids is 1. The molecule has 1 amide bonds. The first kappa shape index (κ1) is 9.54. The van der Waals surface area contributed by atoms with Crippen LogP contribution in [-0.4, -0.2) is 30.1 Å². The second-order valence-electron chi connectivity index (χ2n) is 2.85. The van der Waals surface area contributed by atoms with Crippen molar-refractivity contribution in [3.63, 3.8) is 0 Å². The largest absolute Gasteiger partial charge is 0.507 e. The van der Waals surface area contributed by atoms with Crippen LogP contribution in [0.15, 0.2) is 24.3 Å². The van der Waals surface area contributed by atoms with Crippen molar-refractivity contribution in [3.8, 4) is 5.75 Å². The molecule has 70 valence electrons. The maximum absolute atomic E-state index is 11.4. The van der Waals surface area contributed by atoms with Gasteiger partial charge in [0, 0.05) is 14.1 Å². The van der Waals surface area contributed by atoms with Gasteiger partial charge >= 0.3 is 0 Å². The van der Waals surface area contributed by atoms with Crippen LogP contribution in [0.3, 0.4) is 0 Å². The van der Waals surface area contributed by atoms with E-state index < -0.39 is 0 Å². The van der Waals surface area contributed by atoms with Crippen molar-refractivity contribution >= 4 is 5.91 Å². The fourth-order valence-corrected chi connectivity index (χ4v) is 0.929. The molecule has 1 rings (SSSR count). The fraction of sp³-hybridized carbons (Fsp3) is 0.222. The van der Waals surface area contributed by atoms with Gasteiger partial charge in [-0.3, -0.25) is 10.2 Å². The highest BCUT2D eigenvalue weighted by Gasteiger charge is 2.09. The summed E-state index contributed by atoms with van der Waals surface area (Å²) in [5.74, 6) is -0.329. The fourth-order valence-electron chi connectivity index (χ4n) is 0.929. The van der Waals surface area contributed by atoms with Crippen LogP contribution in [-0.2, 0) is 0 Å². The van der Waals surface area contributed by atoms with Gasteiger partial charge in [-0.25, -0.2) is 5.01 Å². The number of nitrogens with zero attached hydrogens (tertiary/aromatic N) is 1. The van der Waals surface area contributed by atoms with Gasteiger partial charge in [0.2, 0.25) is 0 Å². The molecule has 0 aromatic heterocycles. The molecule has 0 saturated heterocycles. The number of hydrazine groups is 1. The molecule has 0 aliphatic rings. The summed E-state index contributed by atoms with van der Waals surface area (Å²) < 4.78 is 0. The van der Waals surface area contributed by atoms with Crippen LogP contribution >= 0.6 is 0 Å². The molecule has 0 aliphatic heterocycles. The lowest BCUT2D eigenvalue weighted by atomic mass is 10.2. The van der Waals surface area contributed by atoms with E-state index in [1.165, 1.54) is 11.1 Å². The number of para-hydroxylation sites is 1. The summed E-state index contributed by atoms with van der Waals surface area (Å²) in [6, 6.07) is 6.41. The Kier molecular flexibility index (Phi) is 2.87. The first-order valence-corrected chi connectivity index (χ1v) is 3.87. The number of hydrogen-bond acceptors (Lipinski definition) is 3. The van der Waals surface area contributed by atoms with Crippen molar-refractivity contribution in [3.05, 3.63) is 29.8 Å². The standard InChI is InChI=1S/C9H12N2O2/c1-11(2)10-9(13)7-5-3-4-6-8(7)12/h3-6,12H,1-2H3,(H,10,13). The molecule has 0 aliphatic carbocycles. The number of aromatic hydroxyl groups is 1. The minimum absolute atomic E-state index is 0.0122. The predicted octanol–water partition coefficient (Wildman–Crippen LogP) is 0.599. The molecule has 1 aromatic carbocycles. The van der Waals surface area contributed by atoms with Crippen LogP contribution in [0.5, 0.6) is 5.75 Å². The van der Waals surface area contributed by atoms with E-state index in [1.54, 1.807) is 32.3 Å². The molecule has 0 fully saturated rings. The number of phenolic OH excluding ortho intramolecular Hbond substituents is 1. The van der Waals surface area contributed by atoms with Gasteiger partial charge in [0.15, 0.2) is 0 Å². The van der Waals surface area contributed by atoms with E-state index in [0.29, 0.717) is 0 Å². The topological polar surface area (TPSA) is 52.6 Å². The Morgan fingerprint density at radius 1 is 1.38 bits per heavy atom. The lowest BCUT2D eigenvalue weighted by molar-refractivity contribution is 0.0854. The summed E-state index contributed by atoms with van der Waals surface area (Å²) in [4.78, 5) is 11.4. The predicted molar refractivity (Wildman–Crippen MR) is 49.3 cm³/mol. The molecule has 0 saturated carbocycles. The average Bonchev–Trinajstić information content (AvgIpc) is 2.03. The van der Waals surface area contributed by atoms with E-state index in [4.69, 9.17) is 0 Å². The molecule has 0 unspecified atom stereocenters. The quantitative estimate of drug-likeness (QED) is 0.655. The van der Waals surface area contributed by atoms with Gasteiger partial charge in [0.25, 0.3) is 5.91 Å². The highest BCUT2D eigenvalue weighted by Crippen LogP contribution is 2.14. The molecule has 0 radical (unpaired) electrons. The van der Waals surface area contributed by atoms with E-state index in [2.05, 4.69) is 5.43 Å². The Bertz CT molecular complexity index is 310. The zero-order chi connectivity index (χ0) is 9.84. The smallest absolute Gasteiger partial charge is 0.269 e. The van der Waals surface area contributed by atoms with Crippen molar-refractivity contribution in [2.45, 2.75) is 0 Å². The summed E-state index contributed by atoms with van der Waals surface area (Å²) in [6.07, 6.45) is 0. The van der Waals surface area contributed by atoms with Crippen LogP contribution in [0, 0.1) is 0 Å². The van der Waals surface area contributed by atoms with Crippen molar-refractivity contribution in [2.24, 2.45) is 0 Å². The maximum Gasteiger partial charge on any atom is 0.269 e. The van der Waals surface area contributed by atoms with E-state index in [1.807, 2.05) is 0 Å². The van der Waals surface area contributed by atoms with E-state index in [0.717, 1.165) is 0 Å².